The second-order valence-electron chi connectivity index (χ2n) is 6.45. The number of halogens is 2. The van der Waals surface area contributed by atoms with Crippen molar-refractivity contribution in [3.05, 3.63) is 98.3 Å². The predicted molar refractivity (Wildman–Crippen MR) is 125 cm³/mol. The first-order valence-corrected chi connectivity index (χ1v) is 11.0. The molecule has 0 aliphatic carbocycles. The van der Waals surface area contributed by atoms with E-state index in [1.165, 1.54) is 4.90 Å². The Bertz CT molecular complexity index is 1130. The summed E-state index contributed by atoms with van der Waals surface area (Å²) in [6.07, 6.45) is 1.69. The Morgan fingerprint density at radius 2 is 1.73 bits per heavy atom. The van der Waals surface area contributed by atoms with Crippen molar-refractivity contribution in [2.75, 3.05) is 4.90 Å². The molecule has 2 amide bonds. The Labute approximate surface area is 191 Å². The molecule has 1 aliphatic rings. The number of amides is 2. The summed E-state index contributed by atoms with van der Waals surface area (Å²) in [4.78, 5) is 26.9. The smallest absolute Gasteiger partial charge is 0.298 e. The van der Waals surface area contributed by atoms with E-state index in [9.17, 15) is 9.59 Å². The molecule has 3 aromatic rings. The van der Waals surface area contributed by atoms with E-state index in [4.69, 9.17) is 16.3 Å². The lowest BCUT2D eigenvalue weighted by Crippen LogP contribution is -2.27. The summed E-state index contributed by atoms with van der Waals surface area (Å²) in [5.74, 6) is 0.263. The molecule has 0 N–H and O–H groups in total. The van der Waals surface area contributed by atoms with Gasteiger partial charge in [0, 0.05) is 15.1 Å². The second kappa shape index (κ2) is 9.08. The quantitative estimate of drug-likeness (QED) is 0.357. The molecular formula is C23H15BrClNO3S. The van der Waals surface area contributed by atoms with Gasteiger partial charge in [-0.15, -0.1) is 0 Å². The Morgan fingerprint density at radius 1 is 1.00 bits per heavy atom. The van der Waals surface area contributed by atoms with Gasteiger partial charge in [-0.25, -0.2) is 4.90 Å². The van der Waals surface area contributed by atoms with Gasteiger partial charge in [-0.05, 0) is 65.9 Å². The number of thioether (sulfide) groups is 1. The first-order chi connectivity index (χ1) is 14.5. The molecular weight excluding hydrogens is 486 g/mol. The maximum absolute atomic E-state index is 12.9. The SMILES string of the molecule is O=C1S/C(=C\c2cc(Br)ccc2OCc2ccc(Cl)cc2)C(=O)N1c1ccccc1. The molecule has 3 aromatic carbocycles. The summed E-state index contributed by atoms with van der Waals surface area (Å²) >= 11 is 10.3. The van der Waals surface area contributed by atoms with E-state index in [1.54, 1.807) is 30.3 Å². The number of anilines is 1. The minimum Gasteiger partial charge on any atom is -0.488 e. The first kappa shape index (κ1) is 20.7. The van der Waals surface area contributed by atoms with Crippen molar-refractivity contribution in [2.24, 2.45) is 0 Å². The molecule has 0 radical (unpaired) electrons. The van der Waals surface area contributed by atoms with Crippen LogP contribution in [0.1, 0.15) is 11.1 Å². The molecule has 4 nitrogen and oxygen atoms in total. The zero-order valence-electron chi connectivity index (χ0n) is 15.5. The molecule has 30 heavy (non-hydrogen) atoms. The van der Waals surface area contributed by atoms with Gasteiger partial charge >= 0.3 is 0 Å². The molecule has 0 aromatic heterocycles. The van der Waals surface area contributed by atoms with Crippen molar-refractivity contribution in [1.29, 1.82) is 0 Å². The van der Waals surface area contributed by atoms with Crippen LogP contribution in [0.4, 0.5) is 10.5 Å². The first-order valence-electron chi connectivity index (χ1n) is 9.01. The van der Waals surface area contributed by atoms with Crippen molar-refractivity contribution in [3.63, 3.8) is 0 Å². The average molecular weight is 501 g/mol. The highest BCUT2D eigenvalue weighted by atomic mass is 79.9. The van der Waals surface area contributed by atoms with E-state index in [0.29, 0.717) is 33.5 Å². The Kier molecular flexibility index (Phi) is 6.27. The fourth-order valence-electron chi connectivity index (χ4n) is 2.91. The van der Waals surface area contributed by atoms with Gasteiger partial charge in [-0.2, -0.15) is 0 Å². The van der Waals surface area contributed by atoms with Crippen LogP contribution < -0.4 is 9.64 Å². The van der Waals surface area contributed by atoms with Crippen molar-refractivity contribution in [1.82, 2.24) is 0 Å². The van der Waals surface area contributed by atoms with Gasteiger partial charge in [0.2, 0.25) is 0 Å². The minimum atomic E-state index is -0.347. The summed E-state index contributed by atoms with van der Waals surface area (Å²) in [6.45, 7) is 0.352. The lowest BCUT2D eigenvalue weighted by atomic mass is 10.1. The van der Waals surface area contributed by atoms with E-state index in [-0.39, 0.29) is 11.1 Å². The third kappa shape index (κ3) is 4.61. The molecule has 1 fully saturated rings. The molecule has 1 heterocycles. The van der Waals surface area contributed by atoms with Crippen LogP contribution in [0, 0.1) is 0 Å². The number of carbonyl (C=O) groups excluding carboxylic acids is 2. The molecule has 4 rings (SSSR count). The number of para-hydroxylation sites is 1. The normalized spacial score (nSPS) is 15.1. The Morgan fingerprint density at radius 3 is 2.47 bits per heavy atom. The van der Waals surface area contributed by atoms with E-state index in [0.717, 1.165) is 21.8 Å². The van der Waals surface area contributed by atoms with Crippen LogP contribution in [0.2, 0.25) is 5.02 Å². The van der Waals surface area contributed by atoms with E-state index >= 15 is 0 Å². The lowest BCUT2D eigenvalue weighted by Gasteiger charge is -2.12. The van der Waals surface area contributed by atoms with Gasteiger partial charge < -0.3 is 4.74 Å². The van der Waals surface area contributed by atoms with Crippen LogP contribution in [0.25, 0.3) is 6.08 Å². The summed E-state index contributed by atoms with van der Waals surface area (Å²) in [7, 11) is 0. The highest BCUT2D eigenvalue weighted by Gasteiger charge is 2.36. The van der Waals surface area contributed by atoms with Gasteiger partial charge in [0.15, 0.2) is 0 Å². The van der Waals surface area contributed by atoms with Crippen LogP contribution >= 0.6 is 39.3 Å². The summed E-state index contributed by atoms with van der Waals surface area (Å²) in [6, 6.07) is 21.8. The fourth-order valence-corrected chi connectivity index (χ4v) is 4.25. The number of rotatable bonds is 5. The molecule has 7 heteroatoms. The predicted octanol–water partition coefficient (Wildman–Crippen LogP) is 6.92. The molecule has 1 saturated heterocycles. The lowest BCUT2D eigenvalue weighted by molar-refractivity contribution is -0.113. The van der Waals surface area contributed by atoms with Crippen LogP contribution in [-0.2, 0) is 11.4 Å². The summed E-state index contributed by atoms with van der Waals surface area (Å²) in [5.41, 5.74) is 2.23. The van der Waals surface area contributed by atoms with Gasteiger partial charge in [-0.1, -0.05) is 57.9 Å². The topological polar surface area (TPSA) is 46.6 Å². The Hall–Kier alpha value is -2.54. The number of hydrogen-bond donors (Lipinski definition) is 0. The van der Waals surface area contributed by atoms with Crippen molar-refractivity contribution in [2.45, 2.75) is 6.61 Å². The van der Waals surface area contributed by atoms with Gasteiger partial charge in [0.05, 0.1) is 10.6 Å². The molecule has 0 atom stereocenters. The van der Waals surface area contributed by atoms with Crippen LogP contribution in [-0.4, -0.2) is 11.1 Å². The Balaban J connectivity index is 1.60. The van der Waals surface area contributed by atoms with Gasteiger partial charge in [-0.3, -0.25) is 9.59 Å². The largest absolute Gasteiger partial charge is 0.488 e. The van der Waals surface area contributed by atoms with Crippen LogP contribution in [0.3, 0.4) is 0 Å². The maximum atomic E-state index is 12.9. The summed E-state index contributed by atoms with van der Waals surface area (Å²) < 4.78 is 6.82. The number of imide groups is 1. The van der Waals surface area contributed by atoms with Gasteiger partial charge in [0.1, 0.15) is 12.4 Å². The van der Waals surface area contributed by atoms with Crippen LogP contribution in [0.15, 0.2) is 82.2 Å². The molecule has 1 aliphatic heterocycles. The molecule has 0 saturated carbocycles. The summed E-state index contributed by atoms with van der Waals surface area (Å²) in [5, 5.41) is 0.341. The fraction of sp³-hybridized carbons (Fsp3) is 0.0435. The third-order valence-electron chi connectivity index (χ3n) is 4.37. The zero-order chi connectivity index (χ0) is 21.1. The monoisotopic (exact) mass is 499 g/mol. The number of carbonyl (C=O) groups is 2. The minimum absolute atomic E-state index is 0.323. The standard InChI is InChI=1S/C23H15BrClNO3S/c24-17-8-11-20(29-14-15-6-9-18(25)10-7-15)16(12-17)13-21-22(27)26(23(28)30-21)19-4-2-1-3-5-19/h1-13H,14H2/b21-13-. The number of benzene rings is 3. The van der Waals surface area contributed by atoms with Crippen molar-refractivity contribution in [3.8, 4) is 5.75 Å². The van der Waals surface area contributed by atoms with E-state index in [1.807, 2.05) is 48.5 Å². The zero-order valence-corrected chi connectivity index (χ0v) is 18.7. The van der Waals surface area contributed by atoms with Crippen molar-refractivity contribution < 1.29 is 14.3 Å². The highest BCUT2D eigenvalue weighted by Crippen LogP contribution is 2.37. The number of hydrogen-bond acceptors (Lipinski definition) is 4. The van der Waals surface area contributed by atoms with Crippen molar-refractivity contribution >= 4 is 62.2 Å². The van der Waals surface area contributed by atoms with E-state index in [2.05, 4.69) is 15.9 Å². The maximum Gasteiger partial charge on any atom is 0.298 e. The highest BCUT2D eigenvalue weighted by molar-refractivity contribution is 9.10. The molecule has 0 spiro atoms. The third-order valence-corrected chi connectivity index (χ3v) is 5.99. The van der Waals surface area contributed by atoms with E-state index < -0.39 is 0 Å². The number of nitrogens with zero attached hydrogens (tertiary/aromatic N) is 1. The second-order valence-corrected chi connectivity index (χ2v) is 8.80. The number of ether oxygens (including phenoxy) is 1. The molecule has 0 unspecified atom stereocenters. The van der Waals surface area contributed by atoms with Gasteiger partial charge in [0.25, 0.3) is 11.1 Å². The van der Waals surface area contributed by atoms with Crippen LogP contribution in [0.5, 0.6) is 5.75 Å². The molecule has 150 valence electrons. The molecule has 0 bridgehead atoms. The average Bonchev–Trinajstić information content (AvgIpc) is 3.02.